The van der Waals surface area contributed by atoms with Crippen LogP contribution < -0.4 is 0 Å². The van der Waals surface area contributed by atoms with Gasteiger partial charge in [0.05, 0.1) is 27.7 Å². The summed E-state index contributed by atoms with van der Waals surface area (Å²) in [4.78, 5) is 35.3. The van der Waals surface area contributed by atoms with Gasteiger partial charge in [0.15, 0.2) is 6.10 Å². The monoisotopic (exact) mass is 807 g/mol. The van der Waals surface area contributed by atoms with Crippen molar-refractivity contribution in [3.8, 4) is 0 Å². The number of allylic oxidation sites excluding steroid dienone is 12. The van der Waals surface area contributed by atoms with Gasteiger partial charge in [-0.15, -0.1) is 0 Å². The minimum atomic E-state index is -4.39. The molecule has 0 saturated carbocycles. The van der Waals surface area contributed by atoms with E-state index in [2.05, 4.69) is 80.7 Å². The van der Waals surface area contributed by atoms with Gasteiger partial charge in [0.2, 0.25) is 0 Å². The van der Waals surface area contributed by atoms with Gasteiger partial charge in [-0.05, 0) is 77.0 Å². The summed E-state index contributed by atoms with van der Waals surface area (Å²) in [6.45, 7) is 4.20. The number of carbonyl (C=O) groups is 2. The van der Waals surface area contributed by atoms with Gasteiger partial charge < -0.3 is 18.9 Å². The topological polar surface area (TPSA) is 108 Å². The van der Waals surface area contributed by atoms with Crippen LogP contribution >= 0.6 is 7.82 Å². The molecule has 0 fully saturated rings. The molecule has 56 heavy (non-hydrogen) atoms. The van der Waals surface area contributed by atoms with Crippen molar-refractivity contribution in [2.45, 2.75) is 161 Å². The number of unbranched alkanes of at least 4 members (excludes halogenated alkanes) is 12. The lowest BCUT2D eigenvalue weighted by Crippen LogP contribution is -2.37. The van der Waals surface area contributed by atoms with Crippen molar-refractivity contribution >= 4 is 19.8 Å². The van der Waals surface area contributed by atoms with Crippen LogP contribution in [0, 0.1) is 0 Å². The standard InChI is InChI=1S/C46H80NO8P/c1-6-8-10-12-14-16-18-20-22-23-25-27-29-31-33-35-37-39-46(49)55-44(43-54-56(50,51)53-41-40-47(3,4)5)42-52-45(48)38-36-34-32-30-28-26-24-21-19-17-15-13-11-9-7-2/h8,10,14,16-17,19-20,22,25,27,31,33,44H,6-7,9,11-13,15,18,21,23-24,26,28-30,32,34-43H2,1-5H3/p+1/b10-8-,16-14-,19-17-,22-20-,27-25-,33-31-/t44-/m1/s1. The number of phosphoric acid groups is 1. The maximum Gasteiger partial charge on any atom is 0.472 e. The molecule has 322 valence electrons. The number of carbonyl (C=O) groups excluding carboxylic acids is 2. The van der Waals surface area contributed by atoms with E-state index in [0.717, 1.165) is 64.2 Å². The third-order valence-electron chi connectivity index (χ3n) is 8.72. The summed E-state index contributed by atoms with van der Waals surface area (Å²) in [7, 11) is 1.43. The molecule has 0 amide bonds. The van der Waals surface area contributed by atoms with Crippen LogP contribution in [-0.4, -0.2) is 74.9 Å². The summed E-state index contributed by atoms with van der Waals surface area (Å²) in [5.74, 6) is -0.878. The number of nitrogens with zero attached hydrogens (tertiary/aromatic N) is 1. The number of likely N-dealkylation sites (N-methyl/N-ethyl adjacent to an activating group) is 1. The van der Waals surface area contributed by atoms with E-state index in [4.69, 9.17) is 18.5 Å². The average molecular weight is 807 g/mol. The average Bonchev–Trinajstić information content (AvgIpc) is 3.15. The van der Waals surface area contributed by atoms with Crippen LogP contribution in [0.1, 0.15) is 155 Å². The second-order valence-electron chi connectivity index (χ2n) is 15.3. The lowest BCUT2D eigenvalue weighted by molar-refractivity contribution is -0.870. The summed E-state index contributed by atoms with van der Waals surface area (Å²) < 4.78 is 34.2. The SMILES string of the molecule is CC/C=C\C/C=C\C/C=C\C/C=C\C/C=C\CCCC(=O)O[C@H](COC(=O)CCCCCCCCC/C=C\CCCCCC)COP(=O)(O)OCC[N+](C)(C)C. The van der Waals surface area contributed by atoms with Crippen molar-refractivity contribution < 1.29 is 42.1 Å². The van der Waals surface area contributed by atoms with Crippen molar-refractivity contribution in [1.29, 1.82) is 0 Å². The summed E-state index contributed by atoms with van der Waals surface area (Å²) >= 11 is 0. The van der Waals surface area contributed by atoms with Gasteiger partial charge in [-0.2, -0.15) is 0 Å². The van der Waals surface area contributed by atoms with Crippen LogP contribution in [0.15, 0.2) is 72.9 Å². The van der Waals surface area contributed by atoms with E-state index in [0.29, 0.717) is 23.9 Å². The fourth-order valence-electron chi connectivity index (χ4n) is 5.34. The van der Waals surface area contributed by atoms with Crippen molar-refractivity contribution in [3.05, 3.63) is 72.9 Å². The second-order valence-corrected chi connectivity index (χ2v) is 16.8. The highest BCUT2D eigenvalue weighted by molar-refractivity contribution is 7.47. The Balaban J connectivity index is 4.49. The molecular weight excluding hydrogens is 725 g/mol. The molecule has 0 aromatic rings. The molecule has 0 spiro atoms. The van der Waals surface area contributed by atoms with Gasteiger partial charge in [0.1, 0.15) is 19.8 Å². The van der Waals surface area contributed by atoms with Crippen LogP contribution in [0.2, 0.25) is 0 Å². The first-order valence-corrected chi connectivity index (χ1v) is 23.2. The van der Waals surface area contributed by atoms with Crippen LogP contribution in [0.25, 0.3) is 0 Å². The summed E-state index contributed by atoms with van der Waals surface area (Å²) in [5, 5.41) is 0. The Kier molecular flexibility index (Phi) is 36.3. The van der Waals surface area contributed by atoms with E-state index in [1.807, 2.05) is 27.2 Å². The number of hydrogen-bond acceptors (Lipinski definition) is 7. The minimum Gasteiger partial charge on any atom is -0.462 e. The Labute approximate surface area is 342 Å². The van der Waals surface area contributed by atoms with Crippen LogP contribution in [-0.2, 0) is 32.7 Å². The first-order valence-electron chi connectivity index (χ1n) is 21.7. The number of rotatable bonds is 38. The molecule has 0 aromatic heterocycles. The molecule has 0 radical (unpaired) electrons. The van der Waals surface area contributed by atoms with Crippen molar-refractivity contribution in [2.75, 3.05) is 47.5 Å². The quantitative estimate of drug-likeness (QED) is 0.0216. The molecule has 0 heterocycles. The molecule has 1 unspecified atom stereocenters. The van der Waals surface area contributed by atoms with Gasteiger partial charge in [-0.25, -0.2) is 4.57 Å². The number of hydrogen-bond donors (Lipinski definition) is 1. The van der Waals surface area contributed by atoms with E-state index < -0.39 is 32.5 Å². The highest BCUT2D eigenvalue weighted by Crippen LogP contribution is 2.43. The summed E-state index contributed by atoms with van der Waals surface area (Å²) in [5.41, 5.74) is 0. The molecule has 0 aliphatic rings. The number of phosphoric ester groups is 1. The Morgan fingerprint density at radius 2 is 1.04 bits per heavy atom. The maximum atomic E-state index is 12.7. The maximum absolute atomic E-state index is 12.7. The largest absolute Gasteiger partial charge is 0.472 e. The first kappa shape index (κ1) is 53.5. The summed E-state index contributed by atoms with van der Waals surface area (Å²) in [6.07, 6.45) is 46.7. The van der Waals surface area contributed by atoms with Gasteiger partial charge in [0.25, 0.3) is 0 Å². The lowest BCUT2D eigenvalue weighted by Gasteiger charge is -2.24. The van der Waals surface area contributed by atoms with Crippen molar-refractivity contribution in [3.63, 3.8) is 0 Å². The molecule has 0 saturated heterocycles. The smallest absolute Gasteiger partial charge is 0.462 e. The molecule has 0 aromatic carbocycles. The first-order chi connectivity index (χ1) is 27.0. The number of ether oxygens (including phenoxy) is 2. The fourth-order valence-corrected chi connectivity index (χ4v) is 6.08. The lowest BCUT2D eigenvalue weighted by atomic mass is 10.1. The Bertz CT molecular complexity index is 1180. The Morgan fingerprint density at radius 1 is 0.571 bits per heavy atom. The fraction of sp³-hybridized carbons (Fsp3) is 0.696. The van der Waals surface area contributed by atoms with Crippen LogP contribution in [0.4, 0.5) is 0 Å². The zero-order chi connectivity index (χ0) is 41.4. The normalized spacial score (nSPS) is 14.3. The molecule has 0 bridgehead atoms. The van der Waals surface area contributed by atoms with E-state index in [1.165, 1.54) is 51.4 Å². The van der Waals surface area contributed by atoms with E-state index in [1.54, 1.807) is 0 Å². The molecule has 10 heteroatoms. The molecule has 1 N–H and O–H groups in total. The van der Waals surface area contributed by atoms with Gasteiger partial charge >= 0.3 is 19.8 Å². The Hall–Kier alpha value is -2.55. The van der Waals surface area contributed by atoms with Gasteiger partial charge in [-0.3, -0.25) is 18.6 Å². The third kappa shape index (κ3) is 41.1. The van der Waals surface area contributed by atoms with Crippen LogP contribution in [0.3, 0.4) is 0 Å². The highest BCUT2D eigenvalue weighted by Gasteiger charge is 2.27. The van der Waals surface area contributed by atoms with E-state index in [9.17, 15) is 19.0 Å². The number of quaternary nitrogens is 1. The molecular formula is C46H81NO8P+. The molecule has 0 aliphatic carbocycles. The third-order valence-corrected chi connectivity index (χ3v) is 9.70. The summed E-state index contributed by atoms with van der Waals surface area (Å²) in [6, 6.07) is 0. The second kappa shape index (κ2) is 38.0. The predicted octanol–water partition coefficient (Wildman–Crippen LogP) is 12.2. The zero-order valence-electron chi connectivity index (χ0n) is 36.1. The molecule has 2 atom stereocenters. The van der Waals surface area contributed by atoms with E-state index in [-0.39, 0.29) is 26.1 Å². The Morgan fingerprint density at radius 3 is 1.59 bits per heavy atom. The van der Waals surface area contributed by atoms with Gasteiger partial charge in [-0.1, -0.05) is 138 Å². The zero-order valence-corrected chi connectivity index (χ0v) is 37.0. The predicted molar refractivity (Wildman–Crippen MR) is 233 cm³/mol. The highest BCUT2D eigenvalue weighted by atomic mass is 31.2. The van der Waals surface area contributed by atoms with Crippen LogP contribution in [0.5, 0.6) is 0 Å². The van der Waals surface area contributed by atoms with Crippen molar-refractivity contribution in [1.82, 2.24) is 0 Å². The number of esters is 2. The van der Waals surface area contributed by atoms with Gasteiger partial charge in [0, 0.05) is 12.8 Å². The van der Waals surface area contributed by atoms with Crippen molar-refractivity contribution in [2.24, 2.45) is 0 Å². The molecule has 0 rings (SSSR count). The molecule has 0 aliphatic heterocycles. The van der Waals surface area contributed by atoms with E-state index >= 15 is 0 Å². The minimum absolute atomic E-state index is 0.0170. The molecule has 9 nitrogen and oxygen atoms in total.